The van der Waals surface area contributed by atoms with Gasteiger partial charge in [0.1, 0.15) is 16.9 Å². The van der Waals surface area contributed by atoms with E-state index in [1.807, 2.05) is 0 Å². The zero-order valence-electron chi connectivity index (χ0n) is 12.3. The van der Waals surface area contributed by atoms with Crippen LogP contribution in [-0.4, -0.2) is 23.7 Å². The number of ether oxygens (including phenoxy) is 2. The summed E-state index contributed by atoms with van der Waals surface area (Å²) in [5.41, 5.74) is 0.840. The van der Waals surface area contributed by atoms with E-state index < -0.39 is 11.9 Å². The van der Waals surface area contributed by atoms with Crippen molar-refractivity contribution in [3.8, 4) is 5.75 Å². The molecule has 1 aromatic heterocycles. The Morgan fingerprint density at radius 3 is 2.59 bits per heavy atom. The van der Waals surface area contributed by atoms with E-state index >= 15 is 0 Å². The molecule has 2 rings (SSSR count). The summed E-state index contributed by atoms with van der Waals surface area (Å²) in [7, 11) is 0. The van der Waals surface area contributed by atoms with Gasteiger partial charge in [-0.15, -0.1) is 0 Å². The lowest BCUT2D eigenvalue weighted by Crippen LogP contribution is -2.10. The van der Waals surface area contributed by atoms with E-state index in [9.17, 15) is 14.7 Å². The number of rotatable bonds is 5. The van der Waals surface area contributed by atoms with Crippen LogP contribution < -0.4 is 0 Å². The van der Waals surface area contributed by atoms with Crippen molar-refractivity contribution in [3.05, 3.63) is 53.0 Å². The van der Waals surface area contributed by atoms with E-state index in [1.54, 1.807) is 26.0 Å². The maximum absolute atomic E-state index is 12.0. The molecule has 0 spiro atoms. The molecule has 22 heavy (non-hydrogen) atoms. The molecule has 0 unspecified atom stereocenters. The highest BCUT2D eigenvalue weighted by atomic mass is 16.5. The van der Waals surface area contributed by atoms with E-state index in [4.69, 9.17) is 13.9 Å². The second-order valence-corrected chi connectivity index (χ2v) is 4.53. The molecule has 1 N–H and O–H groups in total. The second-order valence-electron chi connectivity index (χ2n) is 4.53. The van der Waals surface area contributed by atoms with Crippen molar-refractivity contribution >= 4 is 11.9 Å². The van der Waals surface area contributed by atoms with E-state index in [-0.39, 0.29) is 35.9 Å². The number of aromatic hydroxyl groups is 1. The topological polar surface area (TPSA) is 86.0 Å². The molecule has 0 saturated carbocycles. The first kappa shape index (κ1) is 15.6. The molecule has 0 aliphatic rings. The van der Waals surface area contributed by atoms with Gasteiger partial charge in [-0.2, -0.15) is 0 Å². The molecule has 6 heteroatoms. The molecule has 0 saturated heterocycles. The number of carbonyl (C=O) groups is 2. The van der Waals surface area contributed by atoms with Gasteiger partial charge in [0, 0.05) is 0 Å². The van der Waals surface area contributed by atoms with Crippen LogP contribution in [-0.2, 0) is 16.1 Å². The van der Waals surface area contributed by atoms with Crippen molar-refractivity contribution in [2.75, 3.05) is 6.61 Å². The summed E-state index contributed by atoms with van der Waals surface area (Å²) in [5.74, 6) is -1.18. The average molecular weight is 304 g/mol. The van der Waals surface area contributed by atoms with Gasteiger partial charge in [-0.05, 0) is 31.5 Å². The second kappa shape index (κ2) is 6.80. The summed E-state index contributed by atoms with van der Waals surface area (Å²) >= 11 is 0. The first-order chi connectivity index (χ1) is 10.5. The lowest BCUT2D eigenvalue weighted by Gasteiger charge is -2.07. The highest BCUT2D eigenvalue weighted by Crippen LogP contribution is 2.23. The Labute approximate surface area is 127 Å². The molecule has 1 aromatic carbocycles. The van der Waals surface area contributed by atoms with Gasteiger partial charge in [0.25, 0.3) is 0 Å². The standard InChI is InChI=1S/C16H16O6/c1-3-20-15(18)11-7-8-21-13(11)9-22-16(19)12-6-4-5-10(2)14(12)17/h4-8,17H,3,9H2,1-2H3. The number of aryl methyl sites for hydroxylation is 1. The predicted molar refractivity (Wildman–Crippen MR) is 76.6 cm³/mol. The molecule has 0 bridgehead atoms. The quantitative estimate of drug-likeness (QED) is 0.855. The third kappa shape index (κ3) is 3.28. The van der Waals surface area contributed by atoms with Crippen LogP contribution in [0.5, 0.6) is 5.75 Å². The zero-order chi connectivity index (χ0) is 16.1. The number of furan rings is 1. The van der Waals surface area contributed by atoms with Crippen LogP contribution in [0.25, 0.3) is 0 Å². The van der Waals surface area contributed by atoms with Gasteiger partial charge in [0.05, 0.1) is 12.9 Å². The van der Waals surface area contributed by atoms with Crippen molar-refractivity contribution in [2.45, 2.75) is 20.5 Å². The smallest absolute Gasteiger partial charge is 0.342 e. The number of esters is 2. The minimum absolute atomic E-state index is 0.0595. The van der Waals surface area contributed by atoms with Crippen LogP contribution in [0.3, 0.4) is 0 Å². The fraction of sp³-hybridized carbons (Fsp3) is 0.250. The first-order valence-electron chi connectivity index (χ1n) is 6.73. The molecule has 0 atom stereocenters. The van der Waals surface area contributed by atoms with Gasteiger partial charge in [-0.3, -0.25) is 0 Å². The van der Waals surface area contributed by atoms with Crippen LogP contribution in [0.15, 0.2) is 34.9 Å². The predicted octanol–water partition coefficient (Wildman–Crippen LogP) is 2.83. The Hall–Kier alpha value is -2.76. The molecule has 6 nitrogen and oxygen atoms in total. The Balaban J connectivity index is 2.08. The van der Waals surface area contributed by atoms with Crippen molar-refractivity contribution in [1.82, 2.24) is 0 Å². The van der Waals surface area contributed by atoms with Gasteiger partial charge in [-0.25, -0.2) is 9.59 Å². The number of phenols is 1. The van der Waals surface area contributed by atoms with E-state index in [0.717, 1.165) is 0 Å². The van der Waals surface area contributed by atoms with Crippen LogP contribution in [0, 0.1) is 6.92 Å². The molecular weight excluding hydrogens is 288 g/mol. The molecule has 1 heterocycles. The van der Waals surface area contributed by atoms with Crippen molar-refractivity contribution < 1.29 is 28.6 Å². The number of phenolic OH excluding ortho intramolecular Hbond substituents is 1. The molecule has 0 radical (unpaired) electrons. The normalized spacial score (nSPS) is 10.3. The van der Waals surface area contributed by atoms with Gasteiger partial charge in [0.15, 0.2) is 12.4 Å². The van der Waals surface area contributed by atoms with Gasteiger partial charge in [-0.1, -0.05) is 12.1 Å². The molecule has 2 aromatic rings. The average Bonchev–Trinajstić information content (AvgIpc) is 2.96. The molecule has 116 valence electrons. The summed E-state index contributed by atoms with van der Waals surface area (Å²) in [5, 5.41) is 9.84. The number of hydrogen-bond donors (Lipinski definition) is 1. The largest absolute Gasteiger partial charge is 0.507 e. The molecule has 0 fully saturated rings. The Kier molecular flexibility index (Phi) is 4.83. The summed E-state index contributed by atoms with van der Waals surface area (Å²) in [6, 6.07) is 6.23. The molecular formula is C16H16O6. The molecule has 0 amide bonds. The Bertz CT molecular complexity index is 686. The third-order valence-corrected chi connectivity index (χ3v) is 3.03. The maximum Gasteiger partial charge on any atom is 0.342 e. The fourth-order valence-corrected chi connectivity index (χ4v) is 1.88. The van der Waals surface area contributed by atoms with E-state index in [1.165, 1.54) is 18.4 Å². The molecule has 0 aliphatic carbocycles. The number of para-hydroxylation sites is 1. The molecule has 0 aliphatic heterocycles. The SMILES string of the molecule is CCOC(=O)c1ccoc1COC(=O)c1cccc(C)c1O. The summed E-state index contributed by atoms with van der Waals surface area (Å²) in [6.07, 6.45) is 1.32. The van der Waals surface area contributed by atoms with Crippen LogP contribution in [0.4, 0.5) is 0 Å². The van der Waals surface area contributed by atoms with Crippen molar-refractivity contribution in [2.24, 2.45) is 0 Å². The fourth-order valence-electron chi connectivity index (χ4n) is 1.88. The summed E-state index contributed by atoms with van der Waals surface area (Å²) in [4.78, 5) is 23.7. The van der Waals surface area contributed by atoms with Gasteiger partial charge in [0.2, 0.25) is 0 Å². The van der Waals surface area contributed by atoms with Gasteiger partial charge < -0.3 is 19.0 Å². The minimum atomic E-state index is -0.701. The highest BCUT2D eigenvalue weighted by Gasteiger charge is 2.19. The monoisotopic (exact) mass is 304 g/mol. The Morgan fingerprint density at radius 1 is 1.14 bits per heavy atom. The van der Waals surface area contributed by atoms with Crippen molar-refractivity contribution in [1.29, 1.82) is 0 Å². The lowest BCUT2D eigenvalue weighted by molar-refractivity contribution is 0.0419. The number of carbonyl (C=O) groups excluding carboxylic acids is 2. The van der Waals surface area contributed by atoms with Gasteiger partial charge >= 0.3 is 11.9 Å². The van der Waals surface area contributed by atoms with Crippen LogP contribution >= 0.6 is 0 Å². The number of hydrogen-bond acceptors (Lipinski definition) is 6. The minimum Gasteiger partial charge on any atom is -0.507 e. The summed E-state index contributed by atoms with van der Waals surface area (Å²) in [6.45, 7) is 3.38. The van der Waals surface area contributed by atoms with Crippen LogP contribution in [0.2, 0.25) is 0 Å². The highest BCUT2D eigenvalue weighted by molar-refractivity contribution is 5.93. The first-order valence-corrected chi connectivity index (χ1v) is 6.73. The maximum atomic E-state index is 12.0. The van der Waals surface area contributed by atoms with Crippen LogP contribution in [0.1, 0.15) is 39.0 Å². The third-order valence-electron chi connectivity index (χ3n) is 3.03. The van der Waals surface area contributed by atoms with E-state index in [2.05, 4.69) is 0 Å². The van der Waals surface area contributed by atoms with E-state index in [0.29, 0.717) is 5.56 Å². The van der Waals surface area contributed by atoms with Crippen molar-refractivity contribution in [3.63, 3.8) is 0 Å². The lowest BCUT2D eigenvalue weighted by atomic mass is 10.1. The summed E-state index contributed by atoms with van der Waals surface area (Å²) < 4.78 is 15.1. The Morgan fingerprint density at radius 2 is 1.86 bits per heavy atom. The zero-order valence-corrected chi connectivity index (χ0v) is 12.3. The number of benzene rings is 1.